The first-order valence-corrected chi connectivity index (χ1v) is 9.83. The van der Waals surface area contributed by atoms with Gasteiger partial charge in [-0.3, -0.25) is 0 Å². The molecule has 0 bridgehead atoms. The molecular weight excluding hydrogens is 338 g/mol. The molecule has 0 amide bonds. The summed E-state index contributed by atoms with van der Waals surface area (Å²) in [4.78, 5) is 0.207. The molecule has 1 aliphatic rings. The van der Waals surface area contributed by atoms with E-state index in [-0.39, 0.29) is 23.6 Å². The van der Waals surface area contributed by atoms with Crippen molar-refractivity contribution in [3.8, 4) is 5.75 Å². The summed E-state index contributed by atoms with van der Waals surface area (Å²) in [5.74, 6) is 0.634. The average molecular weight is 361 g/mol. The minimum absolute atomic E-state index is 0.0265. The molecule has 3 rings (SSSR count). The Bertz CT molecular complexity index is 803. The van der Waals surface area contributed by atoms with Crippen LogP contribution >= 0.6 is 0 Å². The molecule has 6 heteroatoms. The normalized spacial score (nSPS) is 21.6. The Labute approximate surface area is 148 Å². The van der Waals surface area contributed by atoms with Crippen LogP contribution in [0.3, 0.4) is 0 Å². The van der Waals surface area contributed by atoms with Crippen LogP contribution < -0.4 is 4.74 Å². The first-order chi connectivity index (χ1) is 11.9. The van der Waals surface area contributed by atoms with Gasteiger partial charge in [0.25, 0.3) is 0 Å². The maximum atomic E-state index is 13.1. The van der Waals surface area contributed by atoms with Crippen molar-refractivity contribution in [1.29, 1.82) is 0 Å². The summed E-state index contributed by atoms with van der Waals surface area (Å²) in [5.41, 5.74) is 0.891. The highest BCUT2D eigenvalue weighted by atomic mass is 32.2. The molecule has 1 fully saturated rings. The fraction of sp³-hybridized carbons (Fsp3) is 0.368. The van der Waals surface area contributed by atoms with Crippen LogP contribution in [0.25, 0.3) is 0 Å². The highest BCUT2D eigenvalue weighted by Crippen LogP contribution is 2.36. The van der Waals surface area contributed by atoms with Crippen molar-refractivity contribution in [3.63, 3.8) is 0 Å². The van der Waals surface area contributed by atoms with Crippen LogP contribution in [-0.2, 0) is 10.0 Å². The Balaban J connectivity index is 1.90. The van der Waals surface area contributed by atoms with E-state index in [0.29, 0.717) is 12.2 Å². The fourth-order valence-corrected chi connectivity index (χ4v) is 4.79. The second kappa shape index (κ2) is 7.15. The lowest BCUT2D eigenvalue weighted by Crippen LogP contribution is -2.31. The molecule has 2 aromatic rings. The second-order valence-electron chi connectivity index (χ2n) is 6.53. The van der Waals surface area contributed by atoms with Crippen LogP contribution in [0.4, 0.5) is 0 Å². The number of hydrogen-bond acceptors (Lipinski definition) is 4. The zero-order valence-corrected chi connectivity index (χ0v) is 15.2. The number of benzene rings is 2. The van der Waals surface area contributed by atoms with Gasteiger partial charge in [0.15, 0.2) is 0 Å². The quantitative estimate of drug-likeness (QED) is 0.889. The van der Waals surface area contributed by atoms with E-state index in [9.17, 15) is 13.5 Å². The van der Waals surface area contributed by atoms with Crippen LogP contribution in [-0.4, -0.2) is 36.6 Å². The third-order valence-corrected chi connectivity index (χ3v) is 6.11. The van der Waals surface area contributed by atoms with Crippen LogP contribution in [0.1, 0.15) is 31.9 Å². The Hall–Kier alpha value is -1.89. The highest BCUT2D eigenvalue weighted by molar-refractivity contribution is 7.89. The van der Waals surface area contributed by atoms with Crippen LogP contribution in [0.2, 0.25) is 0 Å². The van der Waals surface area contributed by atoms with E-state index in [1.54, 1.807) is 24.3 Å². The SMILES string of the molecule is CC(C)Oc1ccc(S(=O)(=O)N2C[C@@H](O)CC2c2ccccc2)cc1. The zero-order valence-electron chi connectivity index (χ0n) is 14.4. The van der Waals surface area contributed by atoms with Gasteiger partial charge >= 0.3 is 0 Å². The van der Waals surface area contributed by atoms with Gasteiger partial charge in [-0.2, -0.15) is 4.31 Å². The van der Waals surface area contributed by atoms with Gasteiger partial charge in [-0.1, -0.05) is 30.3 Å². The molecule has 1 N–H and O–H groups in total. The number of hydrogen-bond donors (Lipinski definition) is 1. The highest BCUT2D eigenvalue weighted by Gasteiger charge is 2.40. The molecule has 0 saturated carbocycles. The predicted octanol–water partition coefficient (Wildman–Crippen LogP) is 2.97. The second-order valence-corrected chi connectivity index (χ2v) is 8.42. The van der Waals surface area contributed by atoms with Crippen molar-refractivity contribution in [2.24, 2.45) is 0 Å². The van der Waals surface area contributed by atoms with E-state index in [0.717, 1.165) is 5.56 Å². The monoisotopic (exact) mass is 361 g/mol. The third kappa shape index (κ3) is 3.86. The van der Waals surface area contributed by atoms with Gasteiger partial charge in [0.2, 0.25) is 10.0 Å². The average Bonchev–Trinajstić information content (AvgIpc) is 2.98. The first kappa shape index (κ1) is 17.9. The molecule has 0 aromatic heterocycles. The van der Waals surface area contributed by atoms with Crippen LogP contribution in [0, 0.1) is 0 Å². The minimum Gasteiger partial charge on any atom is -0.491 e. The number of aliphatic hydroxyl groups is 1. The van der Waals surface area contributed by atoms with Crippen molar-refractivity contribution in [2.45, 2.75) is 43.4 Å². The number of ether oxygens (including phenoxy) is 1. The number of rotatable bonds is 5. The van der Waals surface area contributed by atoms with E-state index in [1.165, 1.54) is 4.31 Å². The predicted molar refractivity (Wildman–Crippen MR) is 95.9 cm³/mol. The Kier molecular flexibility index (Phi) is 5.13. The smallest absolute Gasteiger partial charge is 0.243 e. The lowest BCUT2D eigenvalue weighted by Gasteiger charge is -2.24. The van der Waals surface area contributed by atoms with Gasteiger partial charge in [0.05, 0.1) is 23.1 Å². The molecular formula is C19H23NO4S. The largest absolute Gasteiger partial charge is 0.491 e. The standard InChI is InChI=1S/C19H23NO4S/c1-14(2)24-17-8-10-18(11-9-17)25(22,23)20-13-16(21)12-19(20)15-6-4-3-5-7-15/h3-11,14,16,19,21H,12-13H2,1-2H3/t16-,19?/m0/s1. The maximum Gasteiger partial charge on any atom is 0.243 e. The molecule has 0 spiro atoms. The molecule has 1 unspecified atom stereocenters. The van der Waals surface area contributed by atoms with Crippen molar-refractivity contribution < 1.29 is 18.3 Å². The van der Waals surface area contributed by atoms with Gasteiger partial charge in [-0.05, 0) is 50.1 Å². The topological polar surface area (TPSA) is 66.8 Å². The number of aliphatic hydroxyl groups excluding tert-OH is 1. The fourth-order valence-electron chi connectivity index (χ4n) is 3.13. The van der Waals surface area contributed by atoms with Gasteiger partial charge < -0.3 is 9.84 Å². The molecule has 1 heterocycles. The lowest BCUT2D eigenvalue weighted by molar-refractivity contribution is 0.188. The maximum absolute atomic E-state index is 13.1. The van der Waals surface area contributed by atoms with Crippen molar-refractivity contribution in [1.82, 2.24) is 4.31 Å². The van der Waals surface area contributed by atoms with Crippen molar-refractivity contribution in [3.05, 3.63) is 60.2 Å². The van der Waals surface area contributed by atoms with Crippen LogP contribution in [0.5, 0.6) is 5.75 Å². The number of sulfonamides is 1. The Morgan fingerprint density at radius 1 is 1.08 bits per heavy atom. The summed E-state index contributed by atoms with van der Waals surface area (Å²) in [5, 5.41) is 10.1. The summed E-state index contributed by atoms with van der Waals surface area (Å²) in [6, 6.07) is 15.5. The number of nitrogens with zero attached hydrogens (tertiary/aromatic N) is 1. The molecule has 2 atom stereocenters. The lowest BCUT2D eigenvalue weighted by atomic mass is 10.1. The van der Waals surface area contributed by atoms with E-state index in [4.69, 9.17) is 4.74 Å². The summed E-state index contributed by atoms with van der Waals surface area (Å²) >= 11 is 0. The van der Waals surface area contributed by atoms with Crippen molar-refractivity contribution >= 4 is 10.0 Å². The molecule has 5 nitrogen and oxygen atoms in total. The van der Waals surface area contributed by atoms with Gasteiger partial charge in [-0.15, -0.1) is 0 Å². The van der Waals surface area contributed by atoms with Crippen LogP contribution in [0.15, 0.2) is 59.5 Å². The molecule has 2 aromatic carbocycles. The van der Waals surface area contributed by atoms with Gasteiger partial charge in [-0.25, -0.2) is 8.42 Å². The van der Waals surface area contributed by atoms with E-state index in [2.05, 4.69) is 0 Å². The first-order valence-electron chi connectivity index (χ1n) is 8.39. The molecule has 0 aliphatic carbocycles. The zero-order chi connectivity index (χ0) is 18.0. The van der Waals surface area contributed by atoms with Gasteiger partial charge in [0, 0.05) is 6.54 Å². The van der Waals surface area contributed by atoms with Gasteiger partial charge in [0.1, 0.15) is 5.75 Å². The summed E-state index contributed by atoms with van der Waals surface area (Å²) in [6.07, 6.45) is -0.236. The summed E-state index contributed by atoms with van der Waals surface area (Å²) in [6.45, 7) is 3.94. The summed E-state index contributed by atoms with van der Waals surface area (Å²) in [7, 11) is -3.70. The van der Waals surface area contributed by atoms with E-state index in [1.807, 2.05) is 44.2 Å². The molecule has 0 radical (unpaired) electrons. The molecule has 134 valence electrons. The number of β-amino-alcohol motifs (C(OH)–C–C–N with tert-alkyl or cyclic N) is 1. The Morgan fingerprint density at radius 2 is 1.72 bits per heavy atom. The summed E-state index contributed by atoms with van der Waals surface area (Å²) < 4.78 is 33.1. The third-order valence-electron chi connectivity index (χ3n) is 4.22. The molecule has 25 heavy (non-hydrogen) atoms. The van der Waals surface area contributed by atoms with Crippen molar-refractivity contribution in [2.75, 3.05) is 6.54 Å². The van der Waals surface area contributed by atoms with E-state index < -0.39 is 16.1 Å². The van der Waals surface area contributed by atoms with E-state index >= 15 is 0 Å². The Morgan fingerprint density at radius 3 is 2.32 bits per heavy atom. The molecule has 1 aliphatic heterocycles. The minimum atomic E-state index is -3.70. The molecule has 1 saturated heterocycles.